The van der Waals surface area contributed by atoms with Gasteiger partial charge in [-0.15, -0.1) is 0 Å². The highest BCUT2D eigenvalue weighted by atomic mass is 32.2. The van der Waals surface area contributed by atoms with Gasteiger partial charge in [-0.25, -0.2) is 26.3 Å². The number of nitrogens with one attached hydrogen (secondary N) is 2. The van der Waals surface area contributed by atoms with Crippen molar-refractivity contribution < 1.29 is 16.8 Å². The van der Waals surface area contributed by atoms with Crippen LogP contribution in [-0.4, -0.2) is 35.2 Å². The van der Waals surface area contributed by atoms with Gasteiger partial charge in [0, 0.05) is 12.1 Å². The van der Waals surface area contributed by atoms with Crippen LogP contribution in [-0.2, 0) is 20.0 Å². The number of rotatable bonds is 6. The van der Waals surface area contributed by atoms with E-state index in [0.29, 0.717) is 0 Å². The highest BCUT2D eigenvalue weighted by Crippen LogP contribution is 2.09. The predicted octanol–water partition coefficient (Wildman–Crippen LogP) is 0.293. The summed E-state index contributed by atoms with van der Waals surface area (Å²) in [6, 6.07) is 7.90. The van der Waals surface area contributed by atoms with Crippen LogP contribution >= 0.6 is 0 Å². The molecule has 2 N–H and O–H groups in total. The van der Waals surface area contributed by atoms with Crippen molar-refractivity contribution in [2.45, 2.75) is 24.3 Å². The Kier molecular flexibility index (Phi) is 4.72. The van der Waals surface area contributed by atoms with Gasteiger partial charge in [0.05, 0.1) is 11.2 Å². The summed E-state index contributed by atoms with van der Waals surface area (Å²) in [4.78, 5) is 0.144. The molecule has 0 fully saturated rings. The quantitative estimate of drug-likeness (QED) is 0.790. The van der Waals surface area contributed by atoms with E-state index in [0.717, 1.165) is 6.26 Å². The average Bonchev–Trinajstić information content (AvgIpc) is 2.25. The molecule has 0 saturated heterocycles. The zero-order valence-corrected chi connectivity index (χ0v) is 12.7. The lowest BCUT2D eigenvalue weighted by Gasteiger charge is -2.25. The van der Waals surface area contributed by atoms with E-state index < -0.39 is 25.6 Å². The van der Waals surface area contributed by atoms with Crippen LogP contribution in [0.25, 0.3) is 0 Å². The molecule has 0 heterocycles. The average molecular weight is 306 g/mol. The molecule has 0 amide bonds. The molecule has 0 spiro atoms. The summed E-state index contributed by atoms with van der Waals surface area (Å²) in [6.45, 7) is 3.15. The second kappa shape index (κ2) is 5.58. The van der Waals surface area contributed by atoms with E-state index in [4.69, 9.17) is 0 Å². The third-order valence-corrected chi connectivity index (χ3v) is 4.56. The van der Waals surface area contributed by atoms with Crippen LogP contribution in [0.5, 0.6) is 0 Å². The van der Waals surface area contributed by atoms with Gasteiger partial charge in [-0.1, -0.05) is 18.2 Å². The van der Waals surface area contributed by atoms with Gasteiger partial charge in [0.25, 0.3) is 0 Å². The zero-order valence-electron chi connectivity index (χ0n) is 11.0. The van der Waals surface area contributed by atoms with Crippen LogP contribution in [0.15, 0.2) is 35.2 Å². The Morgan fingerprint density at radius 1 is 1.05 bits per heavy atom. The first-order valence-corrected chi connectivity index (χ1v) is 8.93. The Morgan fingerprint density at radius 2 is 1.58 bits per heavy atom. The molecule has 0 aliphatic rings. The molecule has 0 aliphatic carbocycles. The van der Waals surface area contributed by atoms with Crippen LogP contribution in [0.2, 0.25) is 0 Å². The lowest BCUT2D eigenvalue weighted by Crippen LogP contribution is -2.50. The maximum atomic E-state index is 12.0. The Morgan fingerprint density at radius 3 is 2.05 bits per heavy atom. The van der Waals surface area contributed by atoms with Crippen LogP contribution in [0, 0.1) is 0 Å². The van der Waals surface area contributed by atoms with Crippen molar-refractivity contribution in [2.24, 2.45) is 0 Å². The molecule has 0 bridgehead atoms. The van der Waals surface area contributed by atoms with Crippen molar-refractivity contribution >= 4 is 20.0 Å². The molecule has 0 saturated carbocycles. The molecule has 0 unspecified atom stereocenters. The summed E-state index contributed by atoms with van der Waals surface area (Å²) in [7, 11) is -7.03. The molecule has 1 aromatic carbocycles. The van der Waals surface area contributed by atoms with E-state index >= 15 is 0 Å². The summed E-state index contributed by atoms with van der Waals surface area (Å²) in [6.07, 6.45) is 1.03. The molecule has 8 heteroatoms. The largest absolute Gasteiger partial charge is 0.240 e. The molecular formula is C11H18N2O4S2. The van der Waals surface area contributed by atoms with Gasteiger partial charge in [-0.05, 0) is 26.0 Å². The van der Waals surface area contributed by atoms with Crippen LogP contribution in [0.3, 0.4) is 0 Å². The summed E-state index contributed by atoms with van der Waals surface area (Å²) in [5.74, 6) is 0. The zero-order chi connectivity index (χ0) is 14.7. The van der Waals surface area contributed by atoms with E-state index in [1.807, 2.05) is 0 Å². The van der Waals surface area contributed by atoms with Gasteiger partial charge in [-0.2, -0.15) is 0 Å². The SMILES string of the molecule is CC(C)(CNS(=O)(=O)c1ccccc1)NS(C)(=O)=O. The lowest BCUT2D eigenvalue weighted by molar-refractivity contribution is 0.446. The molecule has 1 rings (SSSR count). The number of sulfonamides is 2. The summed E-state index contributed by atoms with van der Waals surface area (Å²) in [5, 5.41) is 0. The number of benzene rings is 1. The Labute approximate surface area is 114 Å². The van der Waals surface area contributed by atoms with Crippen LogP contribution < -0.4 is 9.44 Å². The third kappa shape index (κ3) is 5.68. The fraction of sp³-hybridized carbons (Fsp3) is 0.455. The lowest BCUT2D eigenvalue weighted by atomic mass is 10.1. The Bertz CT molecular complexity index is 622. The molecule has 6 nitrogen and oxygen atoms in total. The normalized spacial score (nSPS) is 13.4. The first kappa shape index (κ1) is 16.1. The van der Waals surface area contributed by atoms with E-state index in [9.17, 15) is 16.8 Å². The van der Waals surface area contributed by atoms with Crippen molar-refractivity contribution in [3.8, 4) is 0 Å². The minimum absolute atomic E-state index is 0.0443. The second-order valence-corrected chi connectivity index (χ2v) is 8.41. The molecular weight excluding hydrogens is 288 g/mol. The summed E-state index contributed by atoms with van der Waals surface area (Å²) >= 11 is 0. The topological polar surface area (TPSA) is 92.3 Å². The van der Waals surface area contributed by atoms with Gasteiger partial charge in [-0.3, -0.25) is 0 Å². The van der Waals surface area contributed by atoms with Crippen molar-refractivity contribution in [1.29, 1.82) is 0 Å². The number of hydrogen-bond donors (Lipinski definition) is 2. The van der Waals surface area contributed by atoms with Gasteiger partial charge >= 0.3 is 0 Å². The van der Waals surface area contributed by atoms with E-state index in [1.165, 1.54) is 12.1 Å². The van der Waals surface area contributed by atoms with Gasteiger partial charge in [0.1, 0.15) is 0 Å². The second-order valence-electron chi connectivity index (χ2n) is 4.90. The van der Waals surface area contributed by atoms with Gasteiger partial charge in [0.2, 0.25) is 20.0 Å². The van der Waals surface area contributed by atoms with E-state index in [1.54, 1.807) is 32.0 Å². The van der Waals surface area contributed by atoms with E-state index in [2.05, 4.69) is 9.44 Å². The fourth-order valence-electron chi connectivity index (χ4n) is 1.50. The molecule has 1 aromatic rings. The first-order valence-electron chi connectivity index (χ1n) is 5.56. The Hall–Kier alpha value is -0.960. The van der Waals surface area contributed by atoms with Crippen LogP contribution in [0.4, 0.5) is 0 Å². The van der Waals surface area contributed by atoms with Crippen molar-refractivity contribution in [2.75, 3.05) is 12.8 Å². The van der Waals surface area contributed by atoms with Gasteiger partial charge in [0.15, 0.2) is 0 Å². The smallest absolute Gasteiger partial charge is 0.213 e. The van der Waals surface area contributed by atoms with Gasteiger partial charge < -0.3 is 0 Å². The Balaban J connectivity index is 2.77. The number of hydrogen-bond acceptors (Lipinski definition) is 4. The van der Waals surface area contributed by atoms with Crippen molar-refractivity contribution in [3.63, 3.8) is 0 Å². The maximum Gasteiger partial charge on any atom is 0.240 e. The monoisotopic (exact) mass is 306 g/mol. The predicted molar refractivity (Wildman–Crippen MR) is 73.7 cm³/mol. The minimum atomic E-state index is -3.63. The fourth-order valence-corrected chi connectivity index (χ4v) is 3.81. The highest BCUT2D eigenvalue weighted by Gasteiger charge is 2.25. The molecule has 108 valence electrons. The first-order chi connectivity index (χ1) is 8.52. The van der Waals surface area contributed by atoms with Crippen LogP contribution in [0.1, 0.15) is 13.8 Å². The molecule has 0 aromatic heterocycles. The molecule has 0 radical (unpaired) electrons. The van der Waals surface area contributed by atoms with Crippen molar-refractivity contribution in [3.05, 3.63) is 30.3 Å². The molecule has 0 atom stereocenters. The highest BCUT2D eigenvalue weighted by molar-refractivity contribution is 7.89. The third-order valence-electron chi connectivity index (χ3n) is 2.22. The van der Waals surface area contributed by atoms with Crippen molar-refractivity contribution in [1.82, 2.24) is 9.44 Å². The summed E-state index contributed by atoms with van der Waals surface area (Å²) < 4.78 is 51.0. The molecule has 0 aliphatic heterocycles. The van der Waals surface area contributed by atoms with E-state index in [-0.39, 0.29) is 11.4 Å². The summed E-state index contributed by atoms with van der Waals surface area (Å²) in [5.41, 5.74) is -0.907. The molecule has 19 heavy (non-hydrogen) atoms. The standard InChI is InChI=1S/C11H18N2O4S2/c1-11(2,13-18(3,14)15)9-12-19(16,17)10-7-5-4-6-8-10/h4-8,12-13H,9H2,1-3H3. The minimum Gasteiger partial charge on any atom is -0.213 e. The maximum absolute atomic E-state index is 12.0.